The Morgan fingerprint density at radius 1 is 1.19 bits per heavy atom. The fourth-order valence-electron chi connectivity index (χ4n) is 2.07. The zero-order valence-corrected chi connectivity index (χ0v) is 12.1. The number of nitro groups is 1. The lowest BCUT2D eigenvalue weighted by atomic mass is 10.1. The molecule has 2 aromatic rings. The van der Waals surface area contributed by atoms with Gasteiger partial charge in [-0.2, -0.15) is 0 Å². The molecule has 1 N–H and O–H groups in total. The summed E-state index contributed by atoms with van der Waals surface area (Å²) >= 11 is 0. The molecular weight excluding hydrogens is 268 g/mol. The molecule has 0 spiro atoms. The van der Waals surface area contributed by atoms with Gasteiger partial charge in [0.05, 0.1) is 12.0 Å². The van der Waals surface area contributed by atoms with E-state index >= 15 is 0 Å². The molecule has 5 heteroatoms. The Morgan fingerprint density at radius 3 is 2.48 bits per heavy atom. The second-order valence-electron chi connectivity index (χ2n) is 4.66. The normalized spacial score (nSPS) is 10.2. The van der Waals surface area contributed by atoms with Gasteiger partial charge in [0.25, 0.3) is 5.69 Å². The van der Waals surface area contributed by atoms with Gasteiger partial charge in [-0.25, -0.2) is 0 Å². The summed E-state index contributed by atoms with van der Waals surface area (Å²) in [7, 11) is 1.56. The number of nitro benzene ring substituents is 1. The van der Waals surface area contributed by atoms with E-state index in [1.54, 1.807) is 13.2 Å². The van der Waals surface area contributed by atoms with Gasteiger partial charge in [-0.1, -0.05) is 19.1 Å². The maximum atomic E-state index is 10.8. The number of anilines is 1. The van der Waals surface area contributed by atoms with Crippen LogP contribution in [0.4, 0.5) is 11.4 Å². The summed E-state index contributed by atoms with van der Waals surface area (Å²) in [5, 5.41) is 14.1. The Morgan fingerprint density at radius 2 is 1.90 bits per heavy atom. The molecule has 0 fully saturated rings. The zero-order valence-electron chi connectivity index (χ0n) is 12.1. The Hall–Kier alpha value is -2.56. The van der Waals surface area contributed by atoms with E-state index in [1.807, 2.05) is 12.1 Å². The number of benzene rings is 2. The average Bonchev–Trinajstić information content (AvgIpc) is 2.53. The van der Waals surface area contributed by atoms with Gasteiger partial charge in [0.2, 0.25) is 0 Å². The van der Waals surface area contributed by atoms with Crippen LogP contribution >= 0.6 is 0 Å². The van der Waals surface area contributed by atoms with E-state index < -0.39 is 4.92 Å². The highest BCUT2D eigenvalue weighted by Gasteiger charge is 2.11. The van der Waals surface area contributed by atoms with E-state index in [4.69, 9.17) is 4.74 Å². The van der Waals surface area contributed by atoms with Crippen molar-refractivity contribution < 1.29 is 9.66 Å². The molecule has 0 aliphatic heterocycles. The van der Waals surface area contributed by atoms with Crippen LogP contribution in [-0.4, -0.2) is 12.0 Å². The molecule has 0 aliphatic rings. The molecule has 0 bridgehead atoms. The minimum atomic E-state index is -0.404. The summed E-state index contributed by atoms with van der Waals surface area (Å²) in [6.45, 7) is 2.58. The molecule has 0 aromatic heterocycles. The van der Waals surface area contributed by atoms with Gasteiger partial charge in [-0.15, -0.1) is 0 Å². The molecule has 0 saturated heterocycles. The van der Waals surface area contributed by atoms with Gasteiger partial charge in [0.15, 0.2) is 0 Å². The number of hydrogen-bond acceptors (Lipinski definition) is 4. The minimum Gasteiger partial charge on any atom is -0.496 e. The van der Waals surface area contributed by atoms with Crippen molar-refractivity contribution in [2.45, 2.75) is 19.9 Å². The van der Waals surface area contributed by atoms with Crippen molar-refractivity contribution in [1.82, 2.24) is 0 Å². The van der Waals surface area contributed by atoms with E-state index in [1.165, 1.54) is 17.7 Å². The smallest absolute Gasteiger partial charge is 0.270 e. The van der Waals surface area contributed by atoms with Crippen molar-refractivity contribution in [3.63, 3.8) is 0 Å². The van der Waals surface area contributed by atoms with Crippen LogP contribution in [0, 0.1) is 10.1 Å². The number of ether oxygens (including phenoxy) is 1. The monoisotopic (exact) mass is 286 g/mol. The Balaban J connectivity index is 2.13. The van der Waals surface area contributed by atoms with Crippen molar-refractivity contribution >= 4 is 11.4 Å². The molecule has 0 saturated carbocycles. The molecule has 5 nitrogen and oxygen atoms in total. The summed E-state index contributed by atoms with van der Waals surface area (Å²) in [6.07, 6.45) is 0.999. The maximum absolute atomic E-state index is 10.8. The molecule has 21 heavy (non-hydrogen) atoms. The van der Waals surface area contributed by atoms with Crippen molar-refractivity contribution in [2.75, 3.05) is 12.4 Å². The van der Waals surface area contributed by atoms with Crippen LogP contribution in [0.1, 0.15) is 18.1 Å². The molecule has 2 rings (SSSR count). The summed E-state index contributed by atoms with van der Waals surface area (Å²) in [5.74, 6) is 0.637. The molecule has 0 radical (unpaired) electrons. The van der Waals surface area contributed by atoms with Crippen molar-refractivity contribution in [2.24, 2.45) is 0 Å². The maximum Gasteiger partial charge on any atom is 0.270 e. The van der Waals surface area contributed by atoms with Gasteiger partial charge in [0, 0.05) is 29.9 Å². The topological polar surface area (TPSA) is 64.4 Å². The molecule has 0 unspecified atom stereocenters. The van der Waals surface area contributed by atoms with E-state index in [9.17, 15) is 10.1 Å². The number of rotatable bonds is 6. The molecule has 2 aromatic carbocycles. The second kappa shape index (κ2) is 6.74. The van der Waals surface area contributed by atoms with Crippen LogP contribution < -0.4 is 10.1 Å². The minimum absolute atomic E-state index is 0.0638. The lowest BCUT2D eigenvalue weighted by Crippen LogP contribution is -2.02. The van der Waals surface area contributed by atoms with E-state index in [2.05, 4.69) is 24.4 Å². The highest BCUT2D eigenvalue weighted by atomic mass is 16.6. The van der Waals surface area contributed by atoms with Gasteiger partial charge < -0.3 is 10.1 Å². The van der Waals surface area contributed by atoms with Crippen molar-refractivity contribution in [3.8, 4) is 5.75 Å². The quantitative estimate of drug-likeness (QED) is 0.648. The first-order valence-corrected chi connectivity index (χ1v) is 6.78. The van der Waals surface area contributed by atoms with Gasteiger partial charge in [0.1, 0.15) is 5.75 Å². The van der Waals surface area contributed by atoms with E-state index in [0.717, 1.165) is 17.7 Å². The summed E-state index contributed by atoms with van der Waals surface area (Å²) in [4.78, 5) is 10.4. The van der Waals surface area contributed by atoms with E-state index in [-0.39, 0.29) is 5.69 Å². The van der Waals surface area contributed by atoms with Crippen molar-refractivity contribution in [3.05, 3.63) is 63.7 Å². The molecular formula is C16H18N2O3. The highest BCUT2D eigenvalue weighted by molar-refractivity contribution is 5.49. The molecule has 0 heterocycles. The highest BCUT2D eigenvalue weighted by Crippen LogP contribution is 2.25. The lowest BCUT2D eigenvalue weighted by molar-refractivity contribution is -0.384. The molecule has 0 atom stereocenters. The number of methoxy groups -OCH3 is 1. The van der Waals surface area contributed by atoms with Crippen LogP contribution in [0.15, 0.2) is 42.5 Å². The number of nitrogens with one attached hydrogen (secondary N) is 1. The number of hydrogen-bond donors (Lipinski definition) is 1. The fourth-order valence-corrected chi connectivity index (χ4v) is 2.07. The lowest BCUT2D eigenvalue weighted by Gasteiger charge is -2.11. The van der Waals surface area contributed by atoms with Crippen LogP contribution in [-0.2, 0) is 13.0 Å². The number of nitrogens with zero attached hydrogens (tertiary/aromatic N) is 1. The van der Waals surface area contributed by atoms with Gasteiger partial charge >= 0.3 is 0 Å². The molecule has 110 valence electrons. The number of aryl methyl sites for hydroxylation is 1. The standard InChI is InChI=1S/C16H18N2O3/c1-3-12-4-6-14(7-5-12)17-11-13-10-15(18(19)20)8-9-16(13)21-2/h4-10,17H,3,11H2,1-2H3. The second-order valence-corrected chi connectivity index (χ2v) is 4.66. The zero-order chi connectivity index (χ0) is 15.2. The van der Waals surface area contributed by atoms with Gasteiger partial charge in [-0.05, 0) is 30.2 Å². The first kappa shape index (κ1) is 14.8. The third-order valence-electron chi connectivity index (χ3n) is 3.32. The molecule has 0 amide bonds. The van der Waals surface area contributed by atoms with Gasteiger partial charge in [-0.3, -0.25) is 10.1 Å². The largest absolute Gasteiger partial charge is 0.496 e. The SMILES string of the molecule is CCc1ccc(NCc2cc([N+](=O)[O-])ccc2OC)cc1. The van der Waals surface area contributed by atoms with E-state index in [0.29, 0.717) is 12.3 Å². The third-order valence-corrected chi connectivity index (χ3v) is 3.32. The van der Waals surface area contributed by atoms with Crippen LogP contribution in [0.2, 0.25) is 0 Å². The Bertz CT molecular complexity index is 624. The van der Waals surface area contributed by atoms with Crippen LogP contribution in [0.5, 0.6) is 5.75 Å². The Kier molecular flexibility index (Phi) is 4.77. The predicted octanol–water partition coefficient (Wildman–Crippen LogP) is 3.78. The van der Waals surface area contributed by atoms with Crippen LogP contribution in [0.25, 0.3) is 0 Å². The fraction of sp³-hybridized carbons (Fsp3) is 0.250. The Labute approximate surface area is 123 Å². The number of non-ortho nitro benzene ring substituents is 1. The summed E-state index contributed by atoms with van der Waals surface area (Å²) < 4.78 is 5.24. The predicted molar refractivity (Wildman–Crippen MR) is 82.8 cm³/mol. The summed E-state index contributed by atoms with van der Waals surface area (Å²) in [5.41, 5.74) is 3.06. The summed E-state index contributed by atoms with van der Waals surface area (Å²) in [6, 6.07) is 12.7. The third kappa shape index (κ3) is 3.72. The first-order valence-electron chi connectivity index (χ1n) is 6.78. The molecule has 0 aliphatic carbocycles. The van der Waals surface area contributed by atoms with Crippen molar-refractivity contribution in [1.29, 1.82) is 0 Å². The first-order chi connectivity index (χ1) is 10.1. The van der Waals surface area contributed by atoms with Crippen LogP contribution in [0.3, 0.4) is 0 Å². The average molecular weight is 286 g/mol.